The van der Waals surface area contributed by atoms with Gasteiger partial charge in [0.1, 0.15) is 0 Å². The average molecular weight is 192 g/mol. The second-order valence-corrected chi connectivity index (χ2v) is 2.94. The molecule has 0 atom stereocenters. The minimum absolute atomic E-state index is 0.0336. The molecule has 1 heterocycles. The van der Waals surface area contributed by atoms with Crippen LogP contribution in [0.5, 0.6) is 0 Å². The van der Waals surface area contributed by atoms with Crippen LogP contribution >= 0.6 is 0 Å². The van der Waals surface area contributed by atoms with E-state index >= 15 is 0 Å². The fourth-order valence-electron chi connectivity index (χ4n) is 1.32. The van der Waals surface area contributed by atoms with Crippen molar-refractivity contribution in [3.05, 3.63) is 29.8 Å². The van der Waals surface area contributed by atoms with Crippen LogP contribution in [0.1, 0.15) is 19.4 Å². The number of urea groups is 1. The molecule has 1 aromatic carbocycles. The highest BCUT2D eigenvalue weighted by molar-refractivity contribution is 5.91. The first-order valence-corrected chi connectivity index (χ1v) is 4.87. The van der Waals surface area contributed by atoms with Gasteiger partial charge in [-0.1, -0.05) is 32.0 Å². The Morgan fingerprint density at radius 2 is 1.93 bits per heavy atom. The molecule has 0 spiro atoms. The molecule has 0 unspecified atom stereocenters. The maximum atomic E-state index is 11.2. The van der Waals surface area contributed by atoms with Crippen molar-refractivity contribution >= 4 is 11.7 Å². The largest absolute Gasteiger partial charge is 0.323 e. The van der Waals surface area contributed by atoms with Gasteiger partial charge < -0.3 is 10.2 Å². The molecule has 3 nitrogen and oxygen atoms in total. The number of rotatable bonds is 0. The van der Waals surface area contributed by atoms with Crippen molar-refractivity contribution in [2.75, 3.05) is 12.4 Å². The Bertz CT molecular complexity index is 323. The van der Waals surface area contributed by atoms with E-state index in [1.165, 1.54) is 5.56 Å². The summed E-state index contributed by atoms with van der Waals surface area (Å²) in [7, 11) is 1.78. The number of nitrogens with zero attached hydrogens (tertiary/aromatic N) is 1. The number of hydrogen-bond donors (Lipinski definition) is 1. The van der Waals surface area contributed by atoms with Crippen LogP contribution in [0.15, 0.2) is 24.3 Å². The number of benzene rings is 1. The fraction of sp³-hybridized carbons (Fsp3) is 0.364. The second-order valence-electron chi connectivity index (χ2n) is 2.94. The van der Waals surface area contributed by atoms with Crippen molar-refractivity contribution < 1.29 is 4.79 Å². The zero-order valence-electron chi connectivity index (χ0n) is 8.87. The molecule has 14 heavy (non-hydrogen) atoms. The summed E-state index contributed by atoms with van der Waals surface area (Å²) in [6.07, 6.45) is 0. The van der Waals surface area contributed by atoms with Gasteiger partial charge in [0.25, 0.3) is 0 Å². The Hall–Kier alpha value is -1.51. The summed E-state index contributed by atoms with van der Waals surface area (Å²) >= 11 is 0. The fourth-order valence-corrected chi connectivity index (χ4v) is 1.32. The lowest BCUT2D eigenvalue weighted by atomic mass is 10.1. The van der Waals surface area contributed by atoms with Gasteiger partial charge in [-0.15, -0.1) is 0 Å². The summed E-state index contributed by atoms with van der Waals surface area (Å²) in [4.78, 5) is 12.8. The van der Waals surface area contributed by atoms with E-state index < -0.39 is 0 Å². The van der Waals surface area contributed by atoms with Gasteiger partial charge in [-0.25, -0.2) is 4.79 Å². The maximum absolute atomic E-state index is 11.2. The quantitative estimate of drug-likeness (QED) is 0.673. The standard InChI is InChI=1S/C9H10N2O.C2H6/c1-11-6-7-4-2-3-5-8(7)10-9(11)12;1-2/h2-5H,6H2,1H3,(H,10,12);1-2H3. The van der Waals surface area contributed by atoms with Gasteiger partial charge in [-0.2, -0.15) is 0 Å². The molecule has 2 rings (SSSR count). The van der Waals surface area contributed by atoms with Crippen molar-refractivity contribution in [1.29, 1.82) is 0 Å². The molecule has 1 aliphatic heterocycles. The third-order valence-electron chi connectivity index (χ3n) is 2.01. The van der Waals surface area contributed by atoms with E-state index in [4.69, 9.17) is 0 Å². The summed E-state index contributed by atoms with van der Waals surface area (Å²) in [5.41, 5.74) is 2.10. The zero-order valence-corrected chi connectivity index (χ0v) is 8.87. The Morgan fingerprint density at radius 3 is 2.64 bits per heavy atom. The lowest BCUT2D eigenvalue weighted by molar-refractivity contribution is 0.218. The lowest BCUT2D eigenvalue weighted by Crippen LogP contribution is -2.35. The molecule has 0 saturated heterocycles. The number of carbonyl (C=O) groups excluding carboxylic acids is 1. The summed E-state index contributed by atoms with van der Waals surface area (Å²) in [6, 6.07) is 7.80. The molecule has 1 aliphatic rings. The Kier molecular flexibility index (Phi) is 3.51. The van der Waals surface area contributed by atoms with E-state index in [1.807, 2.05) is 38.1 Å². The van der Waals surface area contributed by atoms with E-state index in [2.05, 4.69) is 5.32 Å². The Balaban J connectivity index is 0.000000461. The first kappa shape index (κ1) is 10.6. The molecule has 0 bridgehead atoms. The minimum Gasteiger partial charge on any atom is -0.323 e. The predicted molar refractivity (Wildman–Crippen MR) is 58.3 cm³/mol. The molecule has 0 saturated carbocycles. The van der Waals surface area contributed by atoms with E-state index in [0.29, 0.717) is 6.54 Å². The van der Waals surface area contributed by atoms with Gasteiger partial charge in [-0.3, -0.25) is 0 Å². The van der Waals surface area contributed by atoms with E-state index in [9.17, 15) is 4.79 Å². The number of fused-ring (bicyclic) bond motifs is 1. The smallest absolute Gasteiger partial charge is 0.321 e. The highest BCUT2D eigenvalue weighted by atomic mass is 16.2. The summed E-state index contributed by atoms with van der Waals surface area (Å²) in [5, 5.41) is 2.80. The molecule has 0 radical (unpaired) electrons. The molecule has 2 amide bonds. The monoisotopic (exact) mass is 192 g/mol. The molecule has 3 heteroatoms. The lowest BCUT2D eigenvalue weighted by Gasteiger charge is -2.25. The number of hydrogen-bond acceptors (Lipinski definition) is 1. The van der Waals surface area contributed by atoms with Gasteiger partial charge in [0, 0.05) is 19.3 Å². The van der Waals surface area contributed by atoms with Gasteiger partial charge in [0.2, 0.25) is 0 Å². The van der Waals surface area contributed by atoms with Gasteiger partial charge >= 0.3 is 6.03 Å². The van der Waals surface area contributed by atoms with E-state index in [-0.39, 0.29) is 6.03 Å². The van der Waals surface area contributed by atoms with Crippen LogP contribution in [0.25, 0.3) is 0 Å². The number of anilines is 1. The molecule has 0 aliphatic carbocycles. The second kappa shape index (κ2) is 4.65. The van der Waals surface area contributed by atoms with Gasteiger partial charge in [0.15, 0.2) is 0 Å². The number of amides is 2. The number of nitrogens with one attached hydrogen (secondary N) is 1. The van der Waals surface area contributed by atoms with Crippen LogP contribution in [-0.4, -0.2) is 18.0 Å². The van der Waals surface area contributed by atoms with Crippen molar-refractivity contribution in [3.63, 3.8) is 0 Å². The molecule has 1 aromatic rings. The van der Waals surface area contributed by atoms with E-state index in [1.54, 1.807) is 11.9 Å². The van der Waals surface area contributed by atoms with Crippen molar-refractivity contribution in [2.45, 2.75) is 20.4 Å². The van der Waals surface area contributed by atoms with Crippen LogP contribution < -0.4 is 5.32 Å². The highest BCUT2D eigenvalue weighted by Gasteiger charge is 2.17. The van der Waals surface area contributed by atoms with Crippen LogP contribution in [0.4, 0.5) is 10.5 Å². The number of para-hydroxylation sites is 1. The first-order chi connectivity index (χ1) is 6.77. The maximum Gasteiger partial charge on any atom is 0.321 e. The topological polar surface area (TPSA) is 32.3 Å². The molecular formula is C11H16N2O. The van der Waals surface area contributed by atoms with Crippen LogP contribution in [0.3, 0.4) is 0 Å². The van der Waals surface area contributed by atoms with Crippen LogP contribution in [-0.2, 0) is 6.54 Å². The Morgan fingerprint density at radius 1 is 1.29 bits per heavy atom. The van der Waals surface area contributed by atoms with Crippen LogP contribution in [0, 0.1) is 0 Å². The minimum atomic E-state index is -0.0336. The molecule has 0 aromatic heterocycles. The number of carbonyl (C=O) groups is 1. The summed E-state index contributed by atoms with van der Waals surface area (Å²) in [6.45, 7) is 4.70. The van der Waals surface area contributed by atoms with Gasteiger partial charge in [0.05, 0.1) is 0 Å². The molecule has 76 valence electrons. The molecule has 0 fully saturated rings. The highest BCUT2D eigenvalue weighted by Crippen LogP contribution is 2.21. The summed E-state index contributed by atoms with van der Waals surface area (Å²) in [5.74, 6) is 0. The normalized spacial score (nSPS) is 13.6. The van der Waals surface area contributed by atoms with Crippen molar-refractivity contribution in [1.82, 2.24) is 4.90 Å². The van der Waals surface area contributed by atoms with Crippen molar-refractivity contribution in [3.8, 4) is 0 Å². The zero-order chi connectivity index (χ0) is 10.6. The Labute approximate surface area is 84.7 Å². The third-order valence-corrected chi connectivity index (χ3v) is 2.01. The van der Waals surface area contributed by atoms with Crippen molar-refractivity contribution in [2.24, 2.45) is 0 Å². The van der Waals surface area contributed by atoms with Crippen LogP contribution in [0.2, 0.25) is 0 Å². The predicted octanol–water partition coefficient (Wildman–Crippen LogP) is 2.69. The summed E-state index contributed by atoms with van der Waals surface area (Å²) < 4.78 is 0. The first-order valence-electron chi connectivity index (χ1n) is 4.87. The third kappa shape index (κ3) is 2.05. The molecule has 1 N–H and O–H groups in total. The SMILES string of the molecule is CC.CN1Cc2ccccc2NC1=O. The molecular weight excluding hydrogens is 176 g/mol. The van der Waals surface area contributed by atoms with E-state index in [0.717, 1.165) is 5.69 Å². The van der Waals surface area contributed by atoms with Gasteiger partial charge in [-0.05, 0) is 11.6 Å². The average Bonchev–Trinajstić information content (AvgIpc) is 2.23.